The van der Waals surface area contributed by atoms with Gasteiger partial charge < -0.3 is 25.2 Å². The third-order valence-corrected chi connectivity index (χ3v) is 7.24. The summed E-state index contributed by atoms with van der Waals surface area (Å²) in [7, 11) is 0. The molecule has 0 bridgehead atoms. The van der Waals surface area contributed by atoms with Crippen LogP contribution in [0.1, 0.15) is 62.3 Å². The van der Waals surface area contributed by atoms with Gasteiger partial charge in [0.15, 0.2) is 0 Å². The van der Waals surface area contributed by atoms with Crippen LogP contribution < -0.4 is 10.1 Å². The van der Waals surface area contributed by atoms with Gasteiger partial charge in [-0.15, -0.1) is 11.3 Å². The number of carbonyl (C=O) groups excluding carboxylic acids is 1. The predicted molar refractivity (Wildman–Crippen MR) is 148 cm³/mol. The van der Waals surface area contributed by atoms with Crippen molar-refractivity contribution < 1.29 is 34.0 Å². The maximum absolute atomic E-state index is 12.9. The molecule has 1 aromatic heterocycles. The first-order chi connectivity index (χ1) is 17.6. The molecule has 2 aliphatic heterocycles. The minimum atomic E-state index is -0.975. The zero-order valence-corrected chi connectivity index (χ0v) is 22.4. The second kappa shape index (κ2) is 15.1. The molecule has 0 saturated carbocycles. The first-order valence-electron chi connectivity index (χ1n) is 12.2. The number of likely N-dealkylation sites (tertiary alicyclic amines) is 1. The van der Waals surface area contributed by atoms with E-state index in [0.717, 1.165) is 24.9 Å². The van der Waals surface area contributed by atoms with Gasteiger partial charge in [0, 0.05) is 12.1 Å². The van der Waals surface area contributed by atoms with E-state index in [-0.39, 0.29) is 24.1 Å². The number of hydrogen-bond donors (Lipinski definition) is 3. The van der Waals surface area contributed by atoms with Crippen LogP contribution in [0.25, 0.3) is 15.4 Å². The molecule has 0 aliphatic carbocycles. The highest BCUT2D eigenvalue weighted by Gasteiger charge is 2.36. The topological polar surface area (TPSA) is 133 Å². The van der Waals surface area contributed by atoms with Gasteiger partial charge in [-0.2, -0.15) is 0 Å². The number of thiazole rings is 1. The molecule has 0 unspecified atom stereocenters. The number of carboxylic acids is 2. The molecule has 2 aromatic rings. The van der Waals surface area contributed by atoms with Gasteiger partial charge in [-0.05, 0) is 57.2 Å². The molecule has 39 heavy (non-hydrogen) atoms. The number of hydrogen-bond acceptors (Lipinski definition) is 7. The second-order valence-electron chi connectivity index (χ2n) is 9.41. The molecule has 2 fully saturated rings. The molecule has 1 aromatic carbocycles. The average Bonchev–Trinajstić information content (AvgIpc) is 3.63. The van der Waals surface area contributed by atoms with Crippen molar-refractivity contribution in [3.63, 3.8) is 0 Å². The Morgan fingerprint density at radius 3 is 2.49 bits per heavy atom. The number of amides is 1. The number of nitrogens with zero attached hydrogens (tertiary/aromatic N) is 3. The number of aromatic nitrogens is 1. The van der Waals surface area contributed by atoms with Gasteiger partial charge in [0.2, 0.25) is 5.69 Å². The van der Waals surface area contributed by atoms with Gasteiger partial charge in [-0.25, -0.2) is 14.6 Å². The number of benzene rings is 1. The van der Waals surface area contributed by atoms with Crippen LogP contribution in [0.3, 0.4) is 0 Å². The highest BCUT2D eigenvalue weighted by atomic mass is 32.1. The molecule has 0 radical (unpaired) electrons. The number of rotatable bonds is 7. The number of aliphatic carboxylic acids is 2. The van der Waals surface area contributed by atoms with Crippen LogP contribution in [-0.4, -0.2) is 69.7 Å². The van der Waals surface area contributed by atoms with E-state index in [1.54, 1.807) is 19.1 Å². The Balaban J connectivity index is 0.000000655. The average molecular weight is 565 g/mol. The molecule has 12 heteroatoms. The van der Waals surface area contributed by atoms with E-state index in [2.05, 4.69) is 15.1 Å². The van der Waals surface area contributed by atoms with E-state index in [1.807, 2.05) is 19.9 Å². The van der Waals surface area contributed by atoms with Crippen molar-refractivity contribution in [1.82, 2.24) is 15.2 Å². The van der Waals surface area contributed by atoms with Crippen molar-refractivity contribution in [1.29, 1.82) is 0 Å². The monoisotopic (exact) mass is 564 g/mol. The zero-order chi connectivity index (χ0) is 27.1. The Labute approximate surface area is 232 Å². The summed E-state index contributed by atoms with van der Waals surface area (Å²) in [6.45, 7) is 15.1. The lowest BCUT2D eigenvalue weighted by Crippen LogP contribution is -2.40. The molecule has 2 aliphatic rings. The van der Waals surface area contributed by atoms with Crippen LogP contribution >= 0.6 is 11.3 Å². The van der Waals surface area contributed by atoms with E-state index in [4.69, 9.17) is 16.4 Å². The summed E-state index contributed by atoms with van der Waals surface area (Å²) in [6, 6.07) is 4.25. The van der Waals surface area contributed by atoms with Gasteiger partial charge in [-0.1, -0.05) is 27.3 Å². The molecule has 4 rings (SSSR count). The third-order valence-electron chi connectivity index (χ3n) is 6.05. The Kier molecular flexibility index (Phi) is 13.0. The van der Waals surface area contributed by atoms with E-state index in [9.17, 15) is 19.5 Å². The fourth-order valence-corrected chi connectivity index (χ4v) is 5.15. The molecular weight excluding hydrogens is 527 g/mol. The standard InChI is InChI=1S/C21H23N3O4S.C5H9NO2.CH4.FH/c1-12(2)11-28-17-8-7-14(10-15(17)22-4)19-23-13(3)18(29-19)20(25)24-9-5-6-16(24)21(26)27;7-5(8)4-2-1-3-6-4;;/h7-8,10,12,16H,5-6,9,11H2,1-3H3,(H,26,27);4,6H,1-3H2,(H,7,8);1H4;1H/t16-;4-;;/m00../s1. The second-order valence-corrected chi connectivity index (χ2v) is 10.4. The van der Waals surface area contributed by atoms with Crippen LogP contribution in [0, 0.1) is 19.4 Å². The molecule has 0 spiro atoms. The molecule has 3 heterocycles. The van der Waals surface area contributed by atoms with Gasteiger partial charge in [0.05, 0.1) is 18.9 Å². The molecule has 3 N–H and O–H groups in total. The first kappa shape index (κ1) is 33.5. The maximum atomic E-state index is 12.9. The fraction of sp³-hybridized carbons (Fsp3) is 0.519. The van der Waals surface area contributed by atoms with E-state index in [1.165, 1.54) is 16.2 Å². The zero-order valence-electron chi connectivity index (χ0n) is 21.6. The lowest BCUT2D eigenvalue weighted by atomic mass is 10.2. The Morgan fingerprint density at radius 1 is 1.23 bits per heavy atom. The molecular formula is C27H37FN4O6S. The van der Waals surface area contributed by atoms with Gasteiger partial charge in [0.25, 0.3) is 5.91 Å². The van der Waals surface area contributed by atoms with Crippen molar-refractivity contribution in [3.8, 4) is 16.3 Å². The van der Waals surface area contributed by atoms with Crippen molar-refractivity contribution in [3.05, 3.63) is 40.2 Å². The highest BCUT2D eigenvalue weighted by Crippen LogP contribution is 2.36. The molecule has 1 amide bonds. The smallest absolute Gasteiger partial charge is 0.326 e. The predicted octanol–water partition coefficient (Wildman–Crippen LogP) is 5.00. The summed E-state index contributed by atoms with van der Waals surface area (Å²) in [5, 5.41) is 21.2. The van der Waals surface area contributed by atoms with Crippen LogP contribution in [0.4, 0.5) is 10.4 Å². The summed E-state index contributed by atoms with van der Waals surface area (Å²) in [5.74, 6) is -1.11. The lowest BCUT2D eigenvalue weighted by molar-refractivity contribution is -0.141. The van der Waals surface area contributed by atoms with Crippen molar-refractivity contribution >= 4 is 34.9 Å². The quantitative estimate of drug-likeness (QED) is 0.400. The van der Waals surface area contributed by atoms with Crippen molar-refractivity contribution in [2.24, 2.45) is 5.92 Å². The summed E-state index contributed by atoms with van der Waals surface area (Å²) >= 11 is 1.23. The number of aryl methyl sites for hydroxylation is 1. The van der Waals surface area contributed by atoms with Crippen molar-refractivity contribution in [2.45, 2.75) is 66.0 Å². The van der Waals surface area contributed by atoms with Gasteiger partial charge >= 0.3 is 11.9 Å². The van der Waals surface area contributed by atoms with Crippen LogP contribution in [-0.2, 0) is 9.59 Å². The first-order valence-corrected chi connectivity index (χ1v) is 13.1. The highest BCUT2D eigenvalue weighted by molar-refractivity contribution is 7.17. The summed E-state index contributed by atoms with van der Waals surface area (Å²) in [4.78, 5) is 44.4. The van der Waals surface area contributed by atoms with Crippen LogP contribution in [0.5, 0.6) is 5.75 Å². The third kappa shape index (κ3) is 8.46. The summed E-state index contributed by atoms with van der Waals surface area (Å²) < 4.78 is 5.70. The lowest BCUT2D eigenvalue weighted by Gasteiger charge is -2.20. The van der Waals surface area contributed by atoms with E-state index >= 15 is 0 Å². The van der Waals surface area contributed by atoms with Crippen molar-refractivity contribution in [2.75, 3.05) is 19.7 Å². The van der Waals surface area contributed by atoms with Gasteiger partial charge in [0.1, 0.15) is 27.7 Å². The number of ether oxygens (including phenoxy) is 1. The fourth-order valence-electron chi connectivity index (χ4n) is 4.13. The number of carboxylic acid groups (broad SMARTS) is 2. The SMILES string of the molecule is C.F.O=C(O)[C@@H]1CCCN1.[C-]#[N+]c1cc(-c2nc(C)c(C(=O)N3CCC[C@H]3C(=O)O)s2)ccc1OCC(C)C. The number of carbonyl (C=O) groups is 3. The molecule has 214 valence electrons. The minimum Gasteiger partial charge on any atom is -0.504 e. The normalized spacial score (nSPS) is 17.8. The molecule has 10 nitrogen and oxygen atoms in total. The largest absolute Gasteiger partial charge is 0.504 e. The molecule has 2 saturated heterocycles. The van der Waals surface area contributed by atoms with Crippen LogP contribution in [0.15, 0.2) is 18.2 Å². The minimum absolute atomic E-state index is 0. The Hall–Kier alpha value is -3.56. The summed E-state index contributed by atoms with van der Waals surface area (Å²) in [6.07, 6.45) is 2.93. The Morgan fingerprint density at radius 2 is 1.95 bits per heavy atom. The van der Waals surface area contributed by atoms with E-state index in [0.29, 0.717) is 58.9 Å². The molecule has 2 atom stereocenters. The summed E-state index contributed by atoms with van der Waals surface area (Å²) in [5.41, 5.74) is 1.70. The maximum Gasteiger partial charge on any atom is 0.326 e. The number of halogens is 1. The van der Waals surface area contributed by atoms with Gasteiger partial charge in [-0.3, -0.25) is 14.3 Å². The Bertz CT molecular complexity index is 1190. The number of nitrogens with one attached hydrogen (secondary N) is 1. The van der Waals surface area contributed by atoms with Crippen LogP contribution in [0.2, 0.25) is 0 Å². The van der Waals surface area contributed by atoms with E-state index < -0.39 is 18.0 Å².